The Morgan fingerprint density at radius 1 is 0.806 bits per heavy atom. The Bertz CT molecular complexity index is 724. The van der Waals surface area contributed by atoms with Gasteiger partial charge in [-0.25, -0.2) is 0 Å². The molecule has 36 heavy (non-hydrogen) atoms. The minimum atomic E-state index is -0.143. The topological polar surface area (TPSA) is 47.4 Å². The first-order valence-corrected chi connectivity index (χ1v) is 16.2. The van der Waals surface area contributed by atoms with Gasteiger partial charge in [-0.15, -0.1) is 0 Å². The molecular formula is C31H53N3OSi. The standard InChI is InChI=1S/C31H53N3OSi/c1-5-7-9-10-15-21-35-30-20-19-28(22-33-30)29-23-32-24-31(34-29)36-25-27(4)18-14-11-13-17-26(3)16-12-8-6-2/h19-20,22-24,26-28,30H,5-18,21,25H2,1-4H3. The number of unbranched alkanes of at least 4 members (excludes halogenated alkanes) is 8. The van der Waals surface area contributed by atoms with Crippen molar-refractivity contribution < 1.29 is 4.74 Å². The Kier molecular flexibility index (Phi) is 16.9. The smallest absolute Gasteiger partial charge is 0.166 e. The van der Waals surface area contributed by atoms with Crippen LogP contribution in [0, 0.1) is 11.8 Å². The first kappa shape index (κ1) is 30.9. The summed E-state index contributed by atoms with van der Waals surface area (Å²) in [4.78, 5) is 14.0. The van der Waals surface area contributed by atoms with Crippen LogP contribution in [0.1, 0.15) is 129 Å². The first-order valence-electron chi connectivity index (χ1n) is 15.0. The molecule has 0 N–H and O–H groups in total. The van der Waals surface area contributed by atoms with E-state index < -0.39 is 0 Å². The summed E-state index contributed by atoms with van der Waals surface area (Å²) in [6, 6.07) is 1.22. The molecule has 202 valence electrons. The lowest BCUT2D eigenvalue weighted by molar-refractivity contribution is 0.0870. The zero-order chi connectivity index (χ0) is 25.8. The van der Waals surface area contributed by atoms with Crippen molar-refractivity contribution in [2.75, 3.05) is 6.61 Å². The highest BCUT2D eigenvalue weighted by molar-refractivity contribution is 6.52. The minimum Gasteiger partial charge on any atom is -0.353 e. The molecule has 1 aromatic rings. The van der Waals surface area contributed by atoms with Crippen LogP contribution in [0.3, 0.4) is 0 Å². The normalized spacial score (nSPS) is 19.0. The highest BCUT2D eigenvalue weighted by Gasteiger charge is 2.15. The summed E-state index contributed by atoms with van der Waals surface area (Å²) in [5.41, 5.74) is 0.999. The summed E-state index contributed by atoms with van der Waals surface area (Å²) >= 11 is 0. The molecule has 1 aliphatic heterocycles. The number of rotatable bonds is 21. The number of nitrogens with zero attached hydrogens (tertiary/aromatic N) is 3. The highest BCUT2D eigenvalue weighted by Crippen LogP contribution is 2.20. The van der Waals surface area contributed by atoms with E-state index in [1.165, 1.54) is 89.5 Å². The lowest BCUT2D eigenvalue weighted by atomic mass is 9.96. The third-order valence-electron chi connectivity index (χ3n) is 7.23. The number of hydrogen-bond donors (Lipinski definition) is 0. The van der Waals surface area contributed by atoms with Crippen molar-refractivity contribution in [3.8, 4) is 0 Å². The quantitative estimate of drug-likeness (QED) is 0.0952. The van der Waals surface area contributed by atoms with Crippen LogP contribution in [-0.2, 0) is 4.74 Å². The van der Waals surface area contributed by atoms with Gasteiger partial charge in [0.2, 0.25) is 0 Å². The Labute approximate surface area is 225 Å². The summed E-state index contributed by atoms with van der Waals surface area (Å²) in [6.45, 7) is 10.2. The van der Waals surface area contributed by atoms with Gasteiger partial charge >= 0.3 is 0 Å². The van der Waals surface area contributed by atoms with Crippen molar-refractivity contribution in [3.05, 3.63) is 30.2 Å². The molecule has 0 spiro atoms. The summed E-state index contributed by atoms with van der Waals surface area (Å²) in [5.74, 6) is 1.77. The molecule has 0 aliphatic carbocycles. The van der Waals surface area contributed by atoms with Crippen LogP contribution in [0.4, 0.5) is 0 Å². The Morgan fingerprint density at radius 2 is 1.47 bits per heavy atom. The summed E-state index contributed by atoms with van der Waals surface area (Å²) in [7, 11) is 0.731. The van der Waals surface area contributed by atoms with Gasteiger partial charge in [0.05, 0.1) is 11.6 Å². The van der Waals surface area contributed by atoms with Crippen LogP contribution < -0.4 is 5.32 Å². The number of ether oxygens (including phenoxy) is 1. The van der Waals surface area contributed by atoms with Crippen LogP contribution >= 0.6 is 0 Å². The predicted molar refractivity (Wildman–Crippen MR) is 157 cm³/mol. The molecule has 4 unspecified atom stereocenters. The lowest BCUT2D eigenvalue weighted by Gasteiger charge is -2.17. The largest absolute Gasteiger partial charge is 0.353 e. The molecule has 4 nitrogen and oxygen atoms in total. The monoisotopic (exact) mass is 511 g/mol. The summed E-state index contributed by atoms with van der Waals surface area (Å²) in [5, 5.41) is 1.13. The molecular weight excluding hydrogens is 458 g/mol. The van der Waals surface area contributed by atoms with E-state index in [2.05, 4.69) is 49.8 Å². The first-order chi connectivity index (χ1) is 17.6. The van der Waals surface area contributed by atoms with Gasteiger partial charge in [-0.3, -0.25) is 15.0 Å². The van der Waals surface area contributed by atoms with E-state index in [0.717, 1.165) is 45.4 Å². The third-order valence-corrected chi connectivity index (χ3v) is 8.74. The van der Waals surface area contributed by atoms with Gasteiger partial charge in [0.1, 0.15) is 9.52 Å². The van der Waals surface area contributed by atoms with Gasteiger partial charge < -0.3 is 4.74 Å². The van der Waals surface area contributed by atoms with Crippen molar-refractivity contribution in [2.24, 2.45) is 16.8 Å². The molecule has 0 bridgehead atoms. The second-order valence-corrected chi connectivity index (χ2v) is 12.2. The average molecular weight is 512 g/mol. The number of aliphatic imine (C=N–C) groups is 1. The van der Waals surface area contributed by atoms with Gasteiger partial charge in [0.15, 0.2) is 6.23 Å². The van der Waals surface area contributed by atoms with Crippen molar-refractivity contribution in [2.45, 2.75) is 136 Å². The van der Waals surface area contributed by atoms with E-state index in [0.29, 0.717) is 0 Å². The second kappa shape index (κ2) is 19.7. The van der Waals surface area contributed by atoms with Gasteiger partial charge in [0.25, 0.3) is 0 Å². The second-order valence-electron chi connectivity index (χ2n) is 10.9. The van der Waals surface area contributed by atoms with Crippen molar-refractivity contribution in [1.29, 1.82) is 0 Å². The Balaban J connectivity index is 1.61. The molecule has 2 radical (unpaired) electrons. The van der Waals surface area contributed by atoms with Crippen LogP contribution in [0.5, 0.6) is 0 Å². The van der Waals surface area contributed by atoms with Gasteiger partial charge in [0, 0.05) is 30.5 Å². The maximum Gasteiger partial charge on any atom is 0.166 e. The van der Waals surface area contributed by atoms with Crippen LogP contribution in [0.2, 0.25) is 6.04 Å². The fourth-order valence-electron chi connectivity index (χ4n) is 4.73. The molecule has 0 saturated heterocycles. The van der Waals surface area contributed by atoms with Crippen LogP contribution in [0.25, 0.3) is 0 Å². The van der Waals surface area contributed by atoms with Gasteiger partial charge in [-0.1, -0.05) is 123 Å². The number of hydrogen-bond acceptors (Lipinski definition) is 4. The van der Waals surface area contributed by atoms with E-state index in [1.54, 1.807) is 0 Å². The lowest BCUT2D eigenvalue weighted by Crippen LogP contribution is -2.23. The summed E-state index contributed by atoms with van der Waals surface area (Å²) < 4.78 is 5.90. The van der Waals surface area contributed by atoms with E-state index in [9.17, 15) is 0 Å². The molecule has 0 fully saturated rings. The minimum absolute atomic E-state index is 0.105. The fourth-order valence-corrected chi connectivity index (χ4v) is 5.87. The SMILES string of the molecule is CCCCCCCOC1C=CC(c2cncc([Si]CC(C)CCCCCC(C)CCCCC)n2)C=N1. The van der Waals surface area contributed by atoms with E-state index in [4.69, 9.17) is 9.72 Å². The van der Waals surface area contributed by atoms with Gasteiger partial charge in [-0.05, 0) is 24.3 Å². The van der Waals surface area contributed by atoms with E-state index >= 15 is 0 Å². The van der Waals surface area contributed by atoms with Crippen molar-refractivity contribution in [1.82, 2.24) is 9.97 Å². The molecule has 0 aromatic carbocycles. The predicted octanol–water partition coefficient (Wildman–Crippen LogP) is 8.06. The molecule has 2 rings (SSSR count). The molecule has 1 aliphatic rings. The number of dihydropyridines is 1. The van der Waals surface area contributed by atoms with E-state index in [1.807, 2.05) is 18.6 Å². The molecule has 2 heterocycles. The highest BCUT2D eigenvalue weighted by atomic mass is 28.2. The van der Waals surface area contributed by atoms with Crippen molar-refractivity contribution in [3.63, 3.8) is 0 Å². The molecule has 0 amide bonds. The maximum absolute atomic E-state index is 5.90. The van der Waals surface area contributed by atoms with Crippen LogP contribution in [-0.4, -0.2) is 38.5 Å². The zero-order valence-electron chi connectivity index (χ0n) is 23.8. The molecule has 5 heteroatoms. The van der Waals surface area contributed by atoms with Crippen LogP contribution in [0.15, 0.2) is 29.5 Å². The molecule has 4 atom stereocenters. The summed E-state index contributed by atoms with van der Waals surface area (Å²) in [6.07, 6.45) is 28.6. The van der Waals surface area contributed by atoms with E-state index in [-0.39, 0.29) is 12.1 Å². The van der Waals surface area contributed by atoms with Gasteiger partial charge in [-0.2, -0.15) is 0 Å². The fraction of sp³-hybridized carbons (Fsp3) is 0.774. The van der Waals surface area contributed by atoms with Crippen molar-refractivity contribution >= 4 is 21.1 Å². The molecule has 0 saturated carbocycles. The average Bonchev–Trinajstić information content (AvgIpc) is 2.90. The Hall–Kier alpha value is -1.33. The zero-order valence-corrected chi connectivity index (χ0v) is 24.8. The Morgan fingerprint density at radius 3 is 2.19 bits per heavy atom. The number of allylic oxidation sites excluding steroid dienone is 1. The third kappa shape index (κ3) is 13.8. The number of aromatic nitrogens is 2. The molecule has 1 aromatic heterocycles. The maximum atomic E-state index is 5.90.